The molecule has 0 fully saturated rings. The van der Waals surface area contributed by atoms with E-state index in [4.69, 9.17) is 34.9 Å². The van der Waals surface area contributed by atoms with E-state index in [-0.39, 0.29) is 0 Å². The number of hydrogen-bond acceptors (Lipinski definition) is 9. The van der Waals surface area contributed by atoms with Crippen molar-refractivity contribution in [2.45, 2.75) is 0 Å². The predicted octanol–water partition coefficient (Wildman–Crippen LogP) is 17.7. The smallest absolute Gasteiger partial charge is 0.164 e. The van der Waals surface area contributed by atoms with E-state index in [1.165, 1.54) is 0 Å². The van der Waals surface area contributed by atoms with E-state index in [1.807, 2.05) is 140 Å². The fourth-order valence-electron chi connectivity index (χ4n) is 10.6. The molecule has 0 bridgehead atoms. The lowest BCUT2D eigenvalue weighted by Crippen LogP contribution is -2.25. The molecule has 0 saturated heterocycles. The van der Waals surface area contributed by atoms with Crippen LogP contribution in [-0.2, 0) is 0 Å². The Hall–Kier alpha value is -11.0. The maximum absolute atomic E-state index is 5.64. The van der Waals surface area contributed by atoms with Crippen LogP contribution in [-0.4, -0.2) is 34.9 Å². The van der Waals surface area contributed by atoms with Gasteiger partial charge in [-0.15, -0.1) is 0 Å². The van der Waals surface area contributed by atoms with Crippen molar-refractivity contribution in [1.82, 2.24) is 34.9 Å². The Morgan fingerprint density at radius 2 is 0.525 bits per heavy atom. The minimum atomic E-state index is 0.504. The Bertz CT molecular complexity index is 4120. The van der Waals surface area contributed by atoms with Crippen LogP contribution in [0.2, 0.25) is 0 Å². The molecule has 376 valence electrons. The second-order valence-corrected chi connectivity index (χ2v) is 19.3. The van der Waals surface area contributed by atoms with Crippen molar-refractivity contribution in [3.63, 3.8) is 0 Å². The van der Waals surface area contributed by atoms with Crippen LogP contribution in [0.1, 0.15) is 0 Å². The van der Waals surface area contributed by atoms with Gasteiger partial charge < -0.3 is 4.90 Å². The highest BCUT2D eigenvalue weighted by molar-refractivity contribution is 6.07. The highest BCUT2D eigenvalue weighted by Crippen LogP contribution is 2.57. The maximum atomic E-state index is 5.64. The van der Waals surface area contributed by atoms with E-state index in [9.17, 15) is 0 Å². The molecule has 0 atom stereocenters. The number of anilines is 6. The van der Waals surface area contributed by atoms with Crippen LogP contribution < -0.4 is 9.80 Å². The number of nitrogens with zero attached hydrogens (tertiary/aromatic N) is 9. The van der Waals surface area contributed by atoms with E-state index in [1.54, 1.807) is 0 Å². The quantitative estimate of drug-likeness (QED) is 0.125. The summed E-state index contributed by atoms with van der Waals surface area (Å²) in [5.41, 5.74) is 15.8. The molecule has 0 saturated carbocycles. The van der Waals surface area contributed by atoms with Crippen molar-refractivity contribution in [3.05, 3.63) is 285 Å². The van der Waals surface area contributed by atoms with Gasteiger partial charge in [-0.1, -0.05) is 237 Å². The number of hydrogen-bond donors (Lipinski definition) is 0. The zero-order chi connectivity index (χ0) is 53.2. The summed E-state index contributed by atoms with van der Waals surface area (Å²) in [5.74, 6) is 3.49. The molecule has 3 aromatic heterocycles. The van der Waals surface area contributed by atoms with Gasteiger partial charge in [-0.05, 0) is 48.0 Å². The Morgan fingerprint density at radius 1 is 0.200 bits per heavy atom. The Balaban J connectivity index is 1.07. The van der Waals surface area contributed by atoms with E-state index in [0.29, 0.717) is 29.1 Å². The van der Waals surface area contributed by atoms with Crippen molar-refractivity contribution in [1.29, 1.82) is 0 Å². The SMILES string of the molecule is c1ccc(-c2cc(N3c4ccccc4N(c4ccc(-c5nc(-c6ccccc6)nc(-c6ccccc6)n5)c(-c5ccccc5)c4-c4nc(-c5ccccc5)cc(-c5ccccc5)n4)c4ccccc43)nc(-c3ccccc3)n2)cc1. The Labute approximate surface area is 463 Å². The number of benzene rings is 10. The van der Waals surface area contributed by atoms with Crippen LogP contribution >= 0.6 is 0 Å². The molecule has 4 heterocycles. The molecule has 9 heteroatoms. The molecule has 80 heavy (non-hydrogen) atoms. The van der Waals surface area contributed by atoms with Gasteiger partial charge in [-0.3, -0.25) is 4.90 Å². The molecule has 9 nitrogen and oxygen atoms in total. The third-order valence-electron chi connectivity index (χ3n) is 14.3. The lowest BCUT2D eigenvalue weighted by molar-refractivity contribution is 1.07. The molecular formula is C71H47N9. The van der Waals surface area contributed by atoms with Gasteiger partial charge in [0.15, 0.2) is 29.1 Å². The minimum absolute atomic E-state index is 0.504. The zero-order valence-electron chi connectivity index (χ0n) is 43.2. The number of rotatable bonds is 11. The predicted molar refractivity (Wildman–Crippen MR) is 323 cm³/mol. The summed E-state index contributed by atoms with van der Waals surface area (Å²) in [5, 5.41) is 0. The van der Waals surface area contributed by atoms with Gasteiger partial charge in [0, 0.05) is 50.6 Å². The molecule has 14 rings (SSSR count). The fourth-order valence-corrected chi connectivity index (χ4v) is 10.6. The van der Waals surface area contributed by atoms with Crippen molar-refractivity contribution < 1.29 is 0 Å². The van der Waals surface area contributed by atoms with Crippen molar-refractivity contribution in [2.24, 2.45) is 0 Å². The molecule has 0 spiro atoms. The summed E-state index contributed by atoms with van der Waals surface area (Å²) < 4.78 is 0. The highest BCUT2D eigenvalue weighted by Gasteiger charge is 2.35. The van der Waals surface area contributed by atoms with Crippen molar-refractivity contribution in [3.8, 4) is 102 Å². The summed E-state index contributed by atoms with van der Waals surface area (Å²) in [7, 11) is 0. The van der Waals surface area contributed by atoms with Crippen LogP contribution in [0.25, 0.3) is 102 Å². The summed E-state index contributed by atoms with van der Waals surface area (Å²) in [6.07, 6.45) is 0. The van der Waals surface area contributed by atoms with E-state index < -0.39 is 0 Å². The van der Waals surface area contributed by atoms with Crippen molar-refractivity contribution >= 4 is 34.3 Å². The van der Waals surface area contributed by atoms with Gasteiger partial charge in [0.1, 0.15) is 5.82 Å². The van der Waals surface area contributed by atoms with Gasteiger partial charge in [0.05, 0.1) is 51.1 Å². The second kappa shape index (κ2) is 20.8. The minimum Gasteiger partial charge on any atom is -0.306 e. The number of fused-ring (bicyclic) bond motifs is 2. The Kier molecular flexibility index (Phi) is 12.3. The monoisotopic (exact) mass is 1030 g/mol. The third-order valence-corrected chi connectivity index (χ3v) is 14.3. The number of aromatic nitrogens is 7. The van der Waals surface area contributed by atoms with Crippen LogP contribution in [0.4, 0.5) is 34.3 Å². The fraction of sp³-hybridized carbons (Fsp3) is 0. The molecule has 13 aromatic rings. The van der Waals surface area contributed by atoms with E-state index in [2.05, 4.69) is 155 Å². The van der Waals surface area contributed by atoms with Crippen molar-refractivity contribution in [2.75, 3.05) is 9.80 Å². The third kappa shape index (κ3) is 9.00. The largest absolute Gasteiger partial charge is 0.306 e. The standard InChI is InChI=1S/C71H47N9/c1-8-26-48(27-9-1)56-46-57(49-28-10-2-11-29-49)74-71(73-56)66-63(45-44-55(65(66)51-32-14-4-15-33-51)70-77-68(53-36-18-6-19-37-53)76-69(78-70)54-38-20-7-21-39-54)79-59-40-22-24-42-61(59)80(62-43-25-23-41-60(62)79)64-47-58(50-30-12-3-13-31-50)72-67(75-64)52-34-16-5-17-35-52/h1-47H. The summed E-state index contributed by atoms with van der Waals surface area (Å²) in [4.78, 5) is 42.3. The van der Waals surface area contributed by atoms with Gasteiger partial charge in [0.25, 0.3) is 0 Å². The lowest BCUT2D eigenvalue weighted by atomic mass is 9.90. The first-order valence-electron chi connectivity index (χ1n) is 26.6. The molecule has 1 aliphatic heterocycles. The number of para-hydroxylation sites is 4. The molecule has 0 N–H and O–H groups in total. The second-order valence-electron chi connectivity index (χ2n) is 19.3. The van der Waals surface area contributed by atoms with Gasteiger partial charge in [0.2, 0.25) is 0 Å². The lowest BCUT2D eigenvalue weighted by Gasteiger charge is -2.40. The molecule has 0 radical (unpaired) electrons. The molecule has 0 amide bonds. The first kappa shape index (κ1) is 47.4. The van der Waals surface area contributed by atoms with Crippen LogP contribution in [0.5, 0.6) is 0 Å². The Morgan fingerprint density at radius 3 is 0.950 bits per heavy atom. The molecule has 0 unspecified atom stereocenters. The zero-order valence-corrected chi connectivity index (χ0v) is 43.2. The first-order chi connectivity index (χ1) is 39.7. The summed E-state index contributed by atoms with van der Waals surface area (Å²) >= 11 is 0. The molecular weight excluding hydrogens is 979 g/mol. The van der Waals surface area contributed by atoms with Crippen LogP contribution in [0.3, 0.4) is 0 Å². The normalized spacial score (nSPS) is 11.7. The first-order valence-corrected chi connectivity index (χ1v) is 26.6. The topological polar surface area (TPSA) is 96.7 Å². The molecule has 10 aromatic carbocycles. The average molecular weight is 1030 g/mol. The van der Waals surface area contributed by atoms with Gasteiger partial charge >= 0.3 is 0 Å². The van der Waals surface area contributed by atoms with Crippen LogP contribution in [0, 0.1) is 0 Å². The molecule has 1 aliphatic rings. The summed E-state index contributed by atoms with van der Waals surface area (Å²) in [6.45, 7) is 0. The maximum Gasteiger partial charge on any atom is 0.164 e. The van der Waals surface area contributed by atoms with Gasteiger partial charge in [-0.25, -0.2) is 34.9 Å². The average Bonchev–Trinajstić information content (AvgIpc) is 3.74. The van der Waals surface area contributed by atoms with Gasteiger partial charge in [-0.2, -0.15) is 0 Å². The molecule has 0 aliphatic carbocycles. The van der Waals surface area contributed by atoms with E-state index >= 15 is 0 Å². The highest BCUT2D eigenvalue weighted by atomic mass is 15.3. The van der Waals surface area contributed by atoms with Crippen LogP contribution in [0.15, 0.2) is 285 Å². The van der Waals surface area contributed by atoms with E-state index in [0.717, 1.165) is 107 Å². The summed E-state index contributed by atoms with van der Waals surface area (Å²) in [6, 6.07) is 97.4.